The van der Waals surface area contributed by atoms with Crippen molar-refractivity contribution in [2.75, 3.05) is 6.54 Å². The van der Waals surface area contributed by atoms with E-state index in [1.54, 1.807) is 12.1 Å². The van der Waals surface area contributed by atoms with Gasteiger partial charge in [0.15, 0.2) is 0 Å². The molecule has 0 aliphatic carbocycles. The Morgan fingerprint density at radius 1 is 1.47 bits per heavy atom. The van der Waals surface area contributed by atoms with Crippen molar-refractivity contribution in [2.45, 2.75) is 39.2 Å². The quantitative estimate of drug-likeness (QED) is 0.585. The van der Waals surface area contributed by atoms with E-state index in [0.29, 0.717) is 6.04 Å². The van der Waals surface area contributed by atoms with E-state index in [0.717, 1.165) is 31.4 Å². The molecule has 0 amide bonds. The maximum absolute atomic E-state index is 10.6. The fourth-order valence-electron chi connectivity index (χ4n) is 1.70. The van der Waals surface area contributed by atoms with Crippen LogP contribution in [0.25, 0.3) is 0 Å². The first-order valence-corrected chi connectivity index (χ1v) is 6.10. The first-order chi connectivity index (χ1) is 8.13. The molecule has 4 heteroatoms. The standard InChI is InChI=1S/C13H20N2O2/c1-3-9-14-11(2)7-8-12-5-4-6-13(10-12)15(16)17/h4-6,10-11,14H,3,7-9H2,1-2H3. The average molecular weight is 236 g/mol. The minimum Gasteiger partial charge on any atom is -0.314 e. The number of nitro benzene ring substituents is 1. The van der Waals surface area contributed by atoms with Crippen LogP contribution in [0.15, 0.2) is 24.3 Å². The Morgan fingerprint density at radius 2 is 2.24 bits per heavy atom. The van der Waals surface area contributed by atoms with Crippen molar-refractivity contribution < 1.29 is 4.92 Å². The Bertz CT molecular complexity index is 366. The van der Waals surface area contributed by atoms with Gasteiger partial charge in [-0.3, -0.25) is 10.1 Å². The van der Waals surface area contributed by atoms with E-state index in [9.17, 15) is 10.1 Å². The van der Waals surface area contributed by atoms with Gasteiger partial charge < -0.3 is 5.32 Å². The molecule has 0 aromatic heterocycles. The van der Waals surface area contributed by atoms with Crippen molar-refractivity contribution in [1.82, 2.24) is 5.32 Å². The Kier molecular flexibility index (Phi) is 5.63. The van der Waals surface area contributed by atoms with E-state index in [2.05, 4.69) is 19.2 Å². The van der Waals surface area contributed by atoms with Crippen LogP contribution in [0.1, 0.15) is 32.3 Å². The minimum atomic E-state index is -0.345. The third-order valence-corrected chi connectivity index (χ3v) is 2.73. The second-order valence-corrected chi connectivity index (χ2v) is 4.32. The summed E-state index contributed by atoms with van der Waals surface area (Å²) in [5.41, 5.74) is 1.21. The van der Waals surface area contributed by atoms with E-state index in [4.69, 9.17) is 0 Å². The summed E-state index contributed by atoms with van der Waals surface area (Å²) in [4.78, 5) is 10.3. The van der Waals surface area contributed by atoms with Gasteiger partial charge in [-0.1, -0.05) is 19.1 Å². The van der Waals surface area contributed by atoms with Gasteiger partial charge in [0.2, 0.25) is 0 Å². The zero-order valence-corrected chi connectivity index (χ0v) is 10.5. The highest BCUT2D eigenvalue weighted by molar-refractivity contribution is 5.34. The number of nitrogens with zero attached hydrogens (tertiary/aromatic N) is 1. The molecular formula is C13H20N2O2. The second-order valence-electron chi connectivity index (χ2n) is 4.32. The summed E-state index contributed by atoms with van der Waals surface area (Å²) in [6.07, 6.45) is 3.00. The van der Waals surface area contributed by atoms with Crippen LogP contribution in [-0.2, 0) is 6.42 Å². The number of aryl methyl sites for hydroxylation is 1. The van der Waals surface area contributed by atoms with Crippen LogP contribution in [0.4, 0.5) is 5.69 Å². The summed E-state index contributed by atoms with van der Waals surface area (Å²) in [6, 6.07) is 7.33. The summed E-state index contributed by atoms with van der Waals surface area (Å²) in [7, 11) is 0. The molecule has 1 atom stereocenters. The molecule has 0 aliphatic heterocycles. The lowest BCUT2D eigenvalue weighted by molar-refractivity contribution is -0.384. The van der Waals surface area contributed by atoms with E-state index in [1.165, 1.54) is 6.07 Å². The van der Waals surface area contributed by atoms with Gasteiger partial charge in [0, 0.05) is 18.2 Å². The van der Waals surface area contributed by atoms with Crippen LogP contribution >= 0.6 is 0 Å². The molecule has 1 N–H and O–H groups in total. The van der Waals surface area contributed by atoms with E-state index in [-0.39, 0.29) is 10.6 Å². The third-order valence-electron chi connectivity index (χ3n) is 2.73. The van der Waals surface area contributed by atoms with Crippen LogP contribution in [0.2, 0.25) is 0 Å². The average Bonchev–Trinajstić information content (AvgIpc) is 2.34. The molecule has 0 radical (unpaired) electrons. The van der Waals surface area contributed by atoms with Gasteiger partial charge >= 0.3 is 0 Å². The van der Waals surface area contributed by atoms with Crippen molar-refractivity contribution >= 4 is 5.69 Å². The van der Waals surface area contributed by atoms with Crippen LogP contribution in [-0.4, -0.2) is 17.5 Å². The Labute approximate surface area is 102 Å². The summed E-state index contributed by atoms with van der Waals surface area (Å²) in [5.74, 6) is 0. The van der Waals surface area contributed by atoms with Gasteiger partial charge in [0.05, 0.1) is 4.92 Å². The van der Waals surface area contributed by atoms with Crippen molar-refractivity contribution in [3.63, 3.8) is 0 Å². The van der Waals surface area contributed by atoms with Gasteiger partial charge in [-0.05, 0) is 38.3 Å². The van der Waals surface area contributed by atoms with Crippen molar-refractivity contribution in [3.8, 4) is 0 Å². The SMILES string of the molecule is CCCNC(C)CCc1cccc([N+](=O)[O-])c1. The number of hydrogen-bond donors (Lipinski definition) is 1. The molecule has 1 unspecified atom stereocenters. The highest BCUT2D eigenvalue weighted by Crippen LogP contribution is 2.14. The molecule has 0 saturated heterocycles. The lowest BCUT2D eigenvalue weighted by atomic mass is 10.1. The molecule has 17 heavy (non-hydrogen) atoms. The summed E-state index contributed by atoms with van der Waals surface area (Å²) in [6.45, 7) is 5.31. The molecule has 0 aliphatic rings. The second kappa shape index (κ2) is 7.01. The molecule has 1 rings (SSSR count). The topological polar surface area (TPSA) is 55.2 Å². The summed E-state index contributed by atoms with van der Waals surface area (Å²) in [5, 5.41) is 14.0. The monoisotopic (exact) mass is 236 g/mol. The highest BCUT2D eigenvalue weighted by Gasteiger charge is 2.06. The van der Waals surface area contributed by atoms with E-state index < -0.39 is 0 Å². The largest absolute Gasteiger partial charge is 0.314 e. The normalized spacial score (nSPS) is 12.4. The molecule has 0 spiro atoms. The highest BCUT2D eigenvalue weighted by atomic mass is 16.6. The molecule has 4 nitrogen and oxygen atoms in total. The predicted octanol–water partition coefficient (Wildman–Crippen LogP) is 2.92. The van der Waals surface area contributed by atoms with Crippen LogP contribution in [0.3, 0.4) is 0 Å². The zero-order valence-electron chi connectivity index (χ0n) is 10.5. The summed E-state index contributed by atoms with van der Waals surface area (Å²) < 4.78 is 0. The van der Waals surface area contributed by atoms with Crippen LogP contribution < -0.4 is 5.32 Å². The number of rotatable bonds is 7. The molecular weight excluding hydrogens is 216 g/mol. The van der Waals surface area contributed by atoms with E-state index >= 15 is 0 Å². The summed E-state index contributed by atoms with van der Waals surface area (Å²) >= 11 is 0. The predicted molar refractivity (Wildman–Crippen MR) is 69.2 cm³/mol. The van der Waals surface area contributed by atoms with Crippen molar-refractivity contribution in [1.29, 1.82) is 0 Å². The van der Waals surface area contributed by atoms with Crippen molar-refractivity contribution in [3.05, 3.63) is 39.9 Å². The lowest BCUT2D eigenvalue weighted by Gasteiger charge is -2.12. The molecule has 1 aromatic rings. The Balaban J connectivity index is 2.46. The third kappa shape index (κ3) is 4.95. The maximum Gasteiger partial charge on any atom is 0.269 e. The number of benzene rings is 1. The molecule has 0 bridgehead atoms. The Hall–Kier alpha value is -1.42. The minimum absolute atomic E-state index is 0.177. The molecule has 0 heterocycles. The number of nitro groups is 1. The van der Waals surface area contributed by atoms with Crippen LogP contribution in [0.5, 0.6) is 0 Å². The lowest BCUT2D eigenvalue weighted by Crippen LogP contribution is -2.27. The van der Waals surface area contributed by atoms with Gasteiger partial charge in [-0.15, -0.1) is 0 Å². The first-order valence-electron chi connectivity index (χ1n) is 6.10. The Morgan fingerprint density at radius 3 is 2.88 bits per heavy atom. The number of nitrogens with one attached hydrogen (secondary N) is 1. The molecule has 0 saturated carbocycles. The van der Waals surface area contributed by atoms with Crippen LogP contribution in [0, 0.1) is 10.1 Å². The molecule has 94 valence electrons. The number of hydrogen-bond acceptors (Lipinski definition) is 3. The molecule has 0 fully saturated rings. The molecule has 1 aromatic carbocycles. The zero-order chi connectivity index (χ0) is 12.7. The number of non-ortho nitro benzene ring substituents is 1. The van der Waals surface area contributed by atoms with Gasteiger partial charge in [0.1, 0.15) is 0 Å². The van der Waals surface area contributed by atoms with Gasteiger partial charge in [-0.25, -0.2) is 0 Å². The van der Waals surface area contributed by atoms with E-state index in [1.807, 2.05) is 6.07 Å². The fourth-order valence-corrected chi connectivity index (χ4v) is 1.70. The fraction of sp³-hybridized carbons (Fsp3) is 0.538. The maximum atomic E-state index is 10.6. The van der Waals surface area contributed by atoms with Crippen molar-refractivity contribution in [2.24, 2.45) is 0 Å². The van der Waals surface area contributed by atoms with Gasteiger partial charge in [0.25, 0.3) is 5.69 Å². The van der Waals surface area contributed by atoms with Gasteiger partial charge in [-0.2, -0.15) is 0 Å². The smallest absolute Gasteiger partial charge is 0.269 e. The first kappa shape index (κ1) is 13.6.